The van der Waals surface area contributed by atoms with Gasteiger partial charge in [0, 0.05) is 0 Å². The Hall–Kier alpha value is -3.64. The second kappa shape index (κ2) is 18.8. The van der Waals surface area contributed by atoms with Crippen molar-refractivity contribution < 1.29 is 85.5 Å². The molecule has 0 amide bonds. The molecule has 3 aromatic carbocycles. The van der Waals surface area contributed by atoms with Crippen molar-refractivity contribution >= 4 is 98.7 Å². The van der Waals surface area contributed by atoms with Crippen molar-refractivity contribution in [1.29, 1.82) is 0 Å². The van der Waals surface area contributed by atoms with E-state index in [-0.39, 0.29) is 41.6 Å². The van der Waals surface area contributed by atoms with Gasteiger partial charge in [0.2, 0.25) is 0 Å². The van der Waals surface area contributed by atoms with E-state index in [0.717, 1.165) is 24.3 Å². The normalized spacial score (nSPS) is 13.0. The Balaban J connectivity index is 2.03. The van der Waals surface area contributed by atoms with Crippen LogP contribution in [0.4, 0.5) is 34.1 Å². The minimum Gasteiger partial charge on any atom is -0.504 e. The molecule has 3 aromatic rings. The van der Waals surface area contributed by atoms with E-state index in [9.17, 15) is 47.9 Å². The zero-order chi connectivity index (χ0) is 40.5. The maximum Gasteiger partial charge on any atom is 0.296 e. The summed E-state index contributed by atoms with van der Waals surface area (Å²) in [5, 5.41) is 48.5. The fraction of sp³-hybridized carbons (Fsp3) is 0.217. The monoisotopic (exact) mass is 882 g/mol. The van der Waals surface area contributed by atoms with Gasteiger partial charge in [0.25, 0.3) is 20.2 Å². The number of sulfone groups is 2. The molecule has 0 aliphatic carbocycles. The van der Waals surface area contributed by atoms with Crippen LogP contribution in [0.5, 0.6) is 5.75 Å². The molecular weight excluding hydrogens is 857 g/mol. The van der Waals surface area contributed by atoms with Crippen molar-refractivity contribution in [3.63, 3.8) is 0 Å². The van der Waals surface area contributed by atoms with Crippen molar-refractivity contribution in [1.82, 2.24) is 0 Å². The van der Waals surface area contributed by atoms with Crippen LogP contribution in [0, 0.1) is 6.92 Å². The van der Waals surface area contributed by atoms with Crippen molar-refractivity contribution in [3.05, 3.63) is 42.0 Å². The van der Waals surface area contributed by atoms with Gasteiger partial charge in [-0.15, -0.1) is 29.1 Å². The molecule has 0 aromatic heterocycles. The number of benzene rings is 3. The van der Waals surface area contributed by atoms with Crippen LogP contribution < -0.4 is 11.5 Å². The zero-order valence-electron chi connectivity index (χ0n) is 26.6. The first-order valence-corrected chi connectivity index (χ1v) is 21.1. The highest BCUT2D eigenvalue weighted by atomic mass is 32.2. The van der Waals surface area contributed by atoms with Gasteiger partial charge in [0.05, 0.1) is 45.9 Å². The summed E-state index contributed by atoms with van der Waals surface area (Å²) in [6.07, 6.45) is 0. The van der Waals surface area contributed by atoms with Gasteiger partial charge in [-0.2, -0.15) is 16.8 Å². The summed E-state index contributed by atoms with van der Waals surface area (Å²) < 4.78 is 136. The molecule has 0 heterocycles. The van der Waals surface area contributed by atoms with E-state index in [1.807, 2.05) is 0 Å². The molecule has 0 atom stereocenters. The van der Waals surface area contributed by atoms with Gasteiger partial charge in [0.1, 0.15) is 21.2 Å². The number of hydrogen-bond acceptors (Lipinski definition) is 25. The number of hydrogen-bond donors (Lipinski definition) is 7. The molecule has 0 bridgehead atoms. The van der Waals surface area contributed by atoms with E-state index in [0.29, 0.717) is 12.1 Å². The first kappa shape index (κ1) is 44.8. The Kier molecular flexibility index (Phi) is 15.6. The molecule has 298 valence electrons. The van der Waals surface area contributed by atoms with Crippen LogP contribution in [0.25, 0.3) is 0 Å². The number of nitrogens with zero attached hydrogens (tertiary/aromatic N) is 4. The number of nitrogens with two attached hydrogens (primary N) is 2. The molecule has 0 saturated carbocycles. The molecule has 0 unspecified atom stereocenters. The average molecular weight is 883 g/mol. The third-order valence-electron chi connectivity index (χ3n) is 6.50. The second-order valence-corrected chi connectivity index (χ2v) is 17.8. The Bertz CT molecular complexity index is 2200. The lowest BCUT2D eigenvalue weighted by Gasteiger charge is -2.13. The van der Waals surface area contributed by atoms with Crippen LogP contribution in [0.15, 0.2) is 76.4 Å². The van der Waals surface area contributed by atoms with Crippen molar-refractivity contribution in [3.8, 4) is 5.75 Å². The maximum absolute atomic E-state index is 12.7. The van der Waals surface area contributed by atoms with Gasteiger partial charge in [-0.1, -0.05) is 10.1 Å². The van der Waals surface area contributed by atoms with Crippen molar-refractivity contribution in [2.45, 2.75) is 26.5 Å². The highest BCUT2D eigenvalue weighted by Crippen LogP contribution is 2.49. The van der Waals surface area contributed by atoms with Gasteiger partial charge in [-0.25, -0.2) is 27.4 Å². The number of phenols is 1. The van der Waals surface area contributed by atoms with E-state index in [2.05, 4.69) is 47.6 Å². The maximum atomic E-state index is 12.7. The Morgan fingerprint density at radius 3 is 1.35 bits per heavy atom. The Morgan fingerprint density at radius 2 is 1.02 bits per heavy atom. The fourth-order valence-electron chi connectivity index (χ4n) is 3.89. The van der Waals surface area contributed by atoms with Crippen molar-refractivity contribution in [2.75, 3.05) is 36.2 Å². The first-order chi connectivity index (χ1) is 25.2. The SMILES string of the molecule is Cc1c(N)c(/N=N/c2ccc(S(=O)(=O)CCOSOOO)cc2S(=O)(=O)O)c(O)c(/N=N/c2ccc(S(=O)(=O)CCOSOOO)cc2S(=O)(=O)O)c1N. The lowest BCUT2D eigenvalue weighted by molar-refractivity contribution is -0.434. The number of anilines is 2. The largest absolute Gasteiger partial charge is 0.504 e. The number of phenolic OH excluding ortho intramolecular Hbond substituents is 1. The van der Waals surface area contributed by atoms with Crippen molar-refractivity contribution in [2.24, 2.45) is 20.5 Å². The Morgan fingerprint density at radius 1 is 0.648 bits per heavy atom. The van der Waals surface area contributed by atoms with Crippen LogP contribution in [-0.4, -0.2) is 83.1 Å². The van der Waals surface area contributed by atoms with Gasteiger partial charge < -0.3 is 16.6 Å². The second-order valence-electron chi connectivity index (χ2n) is 9.81. The summed E-state index contributed by atoms with van der Waals surface area (Å²) in [4.78, 5) is -3.27. The van der Waals surface area contributed by atoms with E-state index < -0.39 is 113 Å². The van der Waals surface area contributed by atoms with Crippen LogP contribution in [0.2, 0.25) is 0 Å². The summed E-state index contributed by atoms with van der Waals surface area (Å²) in [6, 6.07) is 4.66. The summed E-state index contributed by atoms with van der Waals surface area (Å²) in [5.41, 5.74) is 8.92. The number of nitrogen functional groups attached to an aromatic ring is 2. The lowest BCUT2D eigenvalue weighted by Crippen LogP contribution is -2.12. The topological polar surface area (TPSA) is 395 Å². The van der Waals surface area contributed by atoms with E-state index >= 15 is 0 Å². The van der Waals surface area contributed by atoms with Crippen LogP contribution in [-0.2, 0) is 67.0 Å². The third kappa shape index (κ3) is 11.7. The summed E-state index contributed by atoms with van der Waals surface area (Å²) in [5.74, 6) is -2.41. The molecule has 3 rings (SSSR count). The predicted molar refractivity (Wildman–Crippen MR) is 183 cm³/mol. The smallest absolute Gasteiger partial charge is 0.296 e. The molecule has 31 heteroatoms. The van der Waals surface area contributed by atoms with Gasteiger partial charge >= 0.3 is 0 Å². The number of rotatable bonds is 20. The van der Waals surface area contributed by atoms with Crippen LogP contribution >= 0.6 is 24.6 Å². The lowest BCUT2D eigenvalue weighted by atomic mass is 10.1. The molecule has 0 radical (unpaired) electrons. The molecule has 25 nitrogen and oxygen atoms in total. The first-order valence-electron chi connectivity index (χ1n) is 13.6. The molecule has 54 heavy (non-hydrogen) atoms. The molecular formula is C23H26N6O19S6. The molecule has 0 spiro atoms. The van der Waals surface area contributed by atoms with E-state index in [1.54, 1.807) is 0 Å². The van der Waals surface area contributed by atoms with Gasteiger partial charge in [0.15, 0.2) is 61.4 Å². The van der Waals surface area contributed by atoms with Crippen LogP contribution in [0.3, 0.4) is 0 Å². The number of aromatic hydroxyl groups is 1. The summed E-state index contributed by atoms with van der Waals surface area (Å²) in [6.45, 7) is 0.284. The molecule has 0 fully saturated rings. The summed E-state index contributed by atoms with van der Waals surface area (Å²) >= 11 is 0.193. The zero-order valence-corrected chi connectivity index (χ0v) is 31.5. The minimum atomic E-state index is -5.17. The molecule has 9 N–H and O–H groups in total. The molecule has 0 aliphatic heterocycles. The number of azo groups is 2. The highest BCUT2D eigenvalue weighted by molar-refractivity contribution is 7.92. The molecule has 0 aliphatic rings. The summed E-state index contributed by atoms with van der Waals surface area (Å²) in [7, 11) is -18.8. The quantitative estimate of drug-likeness (QED) is 0.0162. The Labute approximate surface area is 313 Å². The average Bonchev–Trinajstić information content (AvgIpc) is 3.09. The minimum absolute atomic E-state index is 0.00347. The van der Waals surface area contributed by atoms with Gasteiger partial charge in [-0.3, -0.25) is 17.5 Å². The van der Waals surface area contributed by atoms with Gasteiger partial charge in [-0.05, 0) is 48.9 Å². The predicted octanol–water partition coefficient (Wildman–Crippen LogP) is 3.74. The molecule has 0 saturated heterocycles. The van der Waals surface area contributed by atoms with Crippen LogP contribution in [0.1, 0.15) is 5.56 Å². The fourth-order valence-corrected chi connectivity index (χ4v) is 8.20. The third-order valence-corrected chi connectivity index (χ3v) is 12.4. The standard InChI is InChI=1S/C23H26N6O19S6/c1-12-19(24)21(28-26-15-4-2-13(10-17(15)53(37,38)39)51(33,34)8-6-43-49-47-45-31)23(30)22(20(12)25)29-27-16-5-3-14(11-18(16)54(40,41)42)52(35,36)9-7-44-50-48-46-32/h2-5,10-11,30-32H,6-9,24-25H2,1H3,(H,37,38,39)(H,40,41,42)/b28-26+,29-27+. The highest BCUT2D eigenvalue weighted by Gasteiger charge is 2.25. The van der Waals surface area contributed by atoms with E-state index in [4.69, 9.17) is 22.0 Å². The van der Waals surface area contributed by atoms with E-state index in [1.165, 1.54) is 6.92 Å².